The van der Waals surface area contributed by atoms with E-state index in [0.29, 0.717) is 6.54 Å². The van der Waals surface area contributed by atoms with Gasteiger partial charge in [0, 0.05) is 6.54 Å². The number of hydrogen-bond acceptors (Lipinski definition) is 3. The zero-order valence-corrected chi connectivity index (χ0v) is 10.3. The van der Waals surface area contributed by atoms with E-state index in [-0.39, 0.29) is 29.9 Å². The van der Waals surface area contributed by atoms with Crippen molar-refractivity contribution < 1.29 is 9.90 Å². The van der Waals surface area contributed by atoms with Gasteiger partial charge in [-0.05, 0) is 18.8 Å². The molecule has 0 aromatic heterocycles. The highest BCUT2D eigenvalue weighted by atomic mass is 16.3. The van der Waals surface area contributed by atoms with Crippen LogP contribution in [0.2, 0.25) is 0 Å². The van der Waals surface area contributed by atoms with Crippen LogP contribution in [-0.2, 0) is 4.79 Å². The Hall–Kier alpha value is -0.610. The van der Waals surface area contributed by atoms with Crippen LogP contribution in [0.4, 0.5) is 0 Å². The molecular formula is C12H24N2O2. The van der Waals surface area contributed by atoms with Crippen molar-refractivity contribution in [3.05, 3.63) is 0 Å². The molecule has 0 saturated heterocycles. The third-order valence-electron chi connectivity index (χ3n) is 3.45. The largest absolute Gasteiger partial charge is 0.391 e. The number of hydrogen-bond donors (Lipinski definition) is 3. The molecule has 0 bridgehead atoms. The minimum absolute atomic E-state index is 0.0107. The molecule has 3 atom stereocenters. The molecule has 1 amide bonds. The molecule has 1 unspecified atom stereocenters. The Morgan fingerprint density at radius 3 is 2.56 bits per heavy atom. The Balaban J connectivity index is 2.48. The molecule has 0 aromatic rings. The zero-order chi connectivity index (χ0) is 12.1. The van der Waals surface area contributed by atoms with E-state index in [0.717, 1.165) is 25.7 Å². The summed E-state index contributed by atoms with van der Waals surface area (Å²) in [5.41, 5.74) is 5.59. The number of aliphatic hydroxyl groups excluding tert-OH is 1. The van der Waals surface area contributed by atoms with Gasteiger partial charge < -0.3 is 16.2 Å². The first-order chi connectivity index (χ1) is 7.56. The van der Waals surface area contributed by atoms with Crippen LogP contribution >= 0.6 is 0 Å². The van der Waals surface area contributed by atoms with Crippen LogP contribution < -0.4 is 11.1 Å². The van der Waals surface area contributed by atoms with E-state index in [1.807, 2.05) is 13.8 Å². The van der Waals surface area contributed by atoms with Gasteiger partial charge in [-0.15, -0.1) is 0 Å². The van der Waals surface area contributed by atoms with Gasteiger partial charge in [0.25, 0.3) is 0 Å². The van der Waals surface area contributed by atoms with Crippen LogP contribution in [0.5, 0.6) is 0 Å². The summed E-state index contributed by atoms with van der Waals surface area (Å²) in [6.45, 7) is 4.36. The number of nitrogens with one attached hydrogen (secondary N) is 1. The van der Waals surface area contributed by atoms with E-state index in [4.69, 9.17) is 5.73 Å². The van der Waals surface area contributed by atoms with Gasteiger partial charge >= 0.3 is 0 Å². The first kappa shape index (κ1) is 13.5. The molecule has 0 radical (unpaired) electrons. The maximum atomic E-state index is 11.9. The van der Waals surface area contributed by atoms with Crippen molar-refractivity contribution in [2.75, 3.05) is 6.54 Å². The first-order valence-corrected chi connectivity index (χ1v) is 6.24. The summed E-state index contributed by atoms with van der Waals surface area (Å²) in [5, 5.41) is 12.7. The van der Waals surface area contributed by atoms with Crippen molar-refractivity contribution in [1.29, 1.82) is 0 Å². The van der Waals surface area contributed by atoms with Gasteiger partial charge in [0.1, 0.15) is 0 Å². The molecule has 0 spiro atoms. The molecule has 1 fully saturated rings. The molecule has 94 valence electrons. The highest BCUT2D eigenvalue weighted by molar-refractivity contribution is 5.79. The second-order valence-electron chi connectivity index (χ2n) is 5.05. The maximum absolute atomic E-state index is 11.9. The molecular weight excluding hydrogens is 204 g/mol. The summed E-state index contributed by atoms with van der Waals surface area (Å²) in [7, 11) is 0. The monoisotopic (exact) mass is 228 g/mol. The van der Waals surface area contributed by atoms with Crippen molar-refractivity contribution in [2.24, 2.45) is 17.6 Å². The van der Waals surface area contributed by atoms with E-state index in [1.165, 1.54) is 0 Å². The second kappa shape index (κ2) is 6.21. The van der Waals surface area contributed by atoms with E-state index < -0.39 is 0 Å². The fourth-order valence-corrected chi connectivity index (χ4v) is 2.25. The summed E-state index contributed by atoms with van der Waals surface area (Å²) < 4.78 is 0. The zero-order valence-electron chi connectivity index (χ0n) is 10.3. The second-order valence-corrected chi connectivity index (χ2v) is 5.05. The Morgan fingerprint density at radius 1 is 1.44 bits per heavy atom. The molecule has 1 saturated carbocycles. The van der Waals surface area contributed by atoms with Crippen molar-refractivity contribution in [2.45, 2.75) is 51.7 Å². The quantitative estimate of drug-likeness (QED) is 0.661. The van der Waals surface area contributed by atoms with Gasteiger partial charge in [0.05, 0.1) is 18.1 Å². The van der Waals surface area contributed by atoms with Crippen LogP contribution in [0.1, 0.15) is 39.5 Å². The lowest BCUT2D eigenvalue weighted by Crippen LogP contribution is -2.49. The van der Waals surface area contributed by atoms with E-state index in [1.54, 1.807) is 0 Å². The third-order valence-corrected chi connectivity index (χ3v) is 3.45. The van der Waals surface area contributed by atoms with E-state index in [9.17, 15) is 9.90 Å². The predicted molar refractivity (Wildman–Crippen MR) is 63.8 cm³/mol. The summed E-state index contributed by atoms with van der Waals surface area (Å²) in [6.07, 6.45) is 3.42. The molecule has 1 aliphatic rings. The number of aliphatic hydroxyl groups is 1. The summed E-state index contributed by atoms with van der Waals surface area (Å²) in [6, 6.07) is -0.0750. The Kier molecular flexibility index (Phi) is 5.22. The molecule has 4 nitrogen and oxygen atoms in total. The molecule has 1 aliphatic carbocycles. The fourth-order valence-electron chi connectivity index (χ4n) is 2.25. The summed E-state index contributed by atoms with van der Waals surface area (Å²) in [4.78, 5) is 11.9. The van der Waals surface area contributed by atoms with Crippen LogP contribution in [0.25, 0.3) is 0 Å². The highest BCUT2D eigenvalue weighted by Crippen LogP contribution is 2.19. The first-order valence-electron chi connectivity index (χ1n) is 6.24. The highest BCUT2D eigenvalue weighted by Gasteiger charge is 2.28. The molecule has 0 heterocycles. The van der Waals surface area contributed by atoms with Gasteiger partial charge in [-0.1, -0.05) is 26.7 Å². The Morgan fingerprint density at radius 2 is 2.06 bits per heavy atom. The Bertz CT molecular complexity index is 231. The molecule has 0 aromatic carbocycles. The van der Waals surface area contributed by atoms with Crippen molar-refractivity contribution in [3.8, 4) is 0 Å². The van der Waals surface area contributed by atoms with Gasteiger partial charge in [0.2, 0.25) is 5.91 Å². The molecule has 4 heteroatoms. The van der Waals surface area contributed by atoms with Crippen LogP contribution in [0.3, 0.4) is 0 Å². The number of amides is 1. The lowest BCUT2D eigenvalue weighted by Gasteiger charge is -2.30. The minimum atomic E-state index is -0.386. The van der Waals surface area contributed by atoms with E-state index in [2.05, 4.69) is 5.32 Å². The van der Waals surface area contributed by atoms with Gasteiger partial charge in [-0.2, -0.15) is 0 Å². The lowest BCUT2D eigenvalue weighted by atomic mass is 9.90. The lowest BCUT2D eigenvalue weighted by molar-refractivity contribution is -0.127. The smallest absolute Gasteiger partial charge is 0.224 e. The van der Waals surface area contributed by atoms with Gasteiger partial charge in [-0.3, -0.25) is 4.79 Å². The number of nitrogens with two attached hydrogens (primary N) is 1. The third kappa shape index (κ3) is 3.46. The molecule has 0 aliphatic heterocycles. The van der Waals surface area contributed by atoms with Crippen molar-refractivity contribution >= 4 is 5.91 Å². The van der Waals surface area contributed by atoms with Crippen LogP contribution in [-0.4, -0.2) is 29.7 Å². The average Bonchev–Trinajstić information content (AvgIpc) is 2.22. The van der Waals surface area contributed by atoms with Crippen LogP contribution in [0.15, 0.2) is 0 Å². The topological polar surface area (TPSA) is 75.4 Å². The number of rotatable bonds is 4. The van der Waals surface area contributed by atoms with Gasteiger partial charge in [-0.25, -0.2) is 0 Å². The minimum Gasteiger partial charge on any atom is -0.391 e. The number of carbonyl (C=O) groups excluding carboxylic acids is 1. The normalized spacial score (nSPS) is 27.8. The van der Waals surface area contributed by atoms with Crippen molar-refractivity contribution in [1.82, 2.24) is 5.32 Å². The van der Waals surface area contributed by atoms with Gasteiger partial charge in [0.15, 0.2) is 0 Å². The van der Waals surface area contributed by atoms with Crippen LogP contribution in [0, 0.1) is 11.8 Å². The summed E-state index contributed by atoms with van der Waals surface area (Å²) in [5.74, 6) is 0.0864. The van der Waals surface area contributed by atoms with Crippen molar-refractivity contribution in [3.63, 3.8) is 0 Å². The Labute approximate surface area is 97.6 Å². The SMILES string of the molecule is CC(C)C(CN)C(=O)N[C@@H]1CCCC[C@H]1O. The fraction of sp³-hybridized carbons (Fsp3) is 0.917. The number of carbonyl (C=O) groups is 1. The average molecular weight is 228 g/mol. The molecule has 4 N–H and O–H groups in total. The maximum Gasteiger partial charge on any atom is 0.224 e. The van der Waals surface area contributed by atoms with E-state index >= 15 is 0 Å². The summed E-state index contributed by atoms with van der Waals surface area (Å²) >= 11 is 0. The molecule has 16 heavy (non-hydrogen) atoms. The predicted octanol–water partition coefficient (Wildman–Crippen LogP) is 0.637. The standard InChI is InChI=1S/C12H24N2O2/c1-8(2)9(7-13)12(16)14-10-5-3-4-6-11(10)15/h8-11,15H,3-7,13H2,1-2H3,(H,14,16)/t9?,10-,11-/m1/s1. The molecule has 1 rings (SSSR count).